The van der Waals surface area contributed by atoms with Crippen LogP contribution in [0.3, 0.4) is 0 Å². The second-order valence-corrected chi connectivity index (χ2v) is 2.72. The predicted octanol–water partition coefficient (Wildman–Crippen LogP) is 0.799. The molecule has 1 rings (SSSR count). The fraction of sp³-hybridized carbons (Fsp3) is 0.571. The minimum absolute atomic E-state index is 0.100. The fourth-order valence-electron chi connectivity index (χ4n) is 1.07. The minimum atomic E-state index is -0.100. The van der Waals surface area contributed by atoms with Crippen LogP contribution in [0.1, 0.15) is 31.7 Å². The van der Waals surface area contributed by atoms with E-state index in [2.05, 4.69) is 10.2 Å². The smallest absolute Gasteiger partial charge is 0.269 e. The molecule has 0 aromatic carbocycles. The summed E-state index contributed by atoms with van der Waals surface area (Å²) in [5.74, 6) is 0.689. The van der Waals surface area contributed by atoms with Crippen LogP contribution in [0, 0.1) is 0 Å². The molecule has 0 aliphatic heterocycles. The van der Waals surface area contributed by atoms with Gasteiger partial charge in [0.1, 0.15) is 5.82 Å². The normalized spacial score (nSPS) is 13.3. The van der Waals surface area contributed by atoms with Crippen molar-refractivity contribution in [1.29, 1.82) is 0 Å². The van der Waals surface area contributed by atoms with Gasteiger partial charge in [0.15, 0.2) is 0 Å². The fourth-order valence-corrected chi connectivity index (χ4v) is 1.07. The molecule has 1 unspecified atom stereocenters. The van der Waals surface area contributed by atoms with E-state index in [1.807, 2.05) is 13.8 Å². The molecule has 62 valence electrons. The van der Waals surface area contributed by atoms with Crippen LogP contribution in [-0.2, 0) is 0 Å². The summed E-state index contributed by atoms with van der Waals surface area (Å²) in [5.41, 5.74) is 6.10. The first-order valence-electron chi connectivity index (χ1n) is 3.72. The van der Waals surface area contributed by atoms with Crippen LogP contribution in [-0.4, -0.2) is 10.2 Å². The van der Waals surface area contributed by atoms with E-state index in [1.54, 1.807) is 0 Å². The van der Waals surface area contributed by atoms with Gasteiger partial charge < -0.3 is 5.73 Å². The predicted molar refractivity (Wildman–Crippen MR) is 44.5 cm³/mol. The second kappa shape index (κ2) is 2.82. The molecule has 0 saturated carbocycles. The molecular weight excluding hydrogens is 142 g/mol. The highest BCUT2D eigenvalue weighted by atomic mass is 16.1. The average Bonchev–Trinajstić information content (AvgIpc) is 2.30. The molecule has 0 radical (unpaired) electrons. The van der Waals surface area contributed by atoms with Crippen molar-refractivity contribution in [3.8, 4) is 0 Å². The summed E-state index contributed by atoms with van der Waals surface area (Å²) in [4.78, 5) is 11.1. The van der Waals surface area contributed by atoms with Crippen molar-refractivity contribution in [3.05, 3.63) is 15.9 Å². The Morgan fingerprint density at radius 2 is 2.18 bits per heavy atom. The third-order valence-electron chi connectivity index (χ3n) is 1.95. The largest absolute Gasteiger partial charge is 0.384 e. The van der Waals surface area contributed by atoms with Gasteiger partial charge in [-0.25, -0.2) is 0 Å². The summed E-state index contributed by atoms with van der Waals surface area (Å²) in [6.45, 7) is 4.01. The Kier molecular flexibility index (Phi) is 2.03. The summed E-state index contributed by atoms with van der Waals surface area (Å²) in [6, 6.07) is 0. The molecule has 1 heterocycles. The van der Waals surface area contributed by atoms with Crippen molar-refractivity contribution < 1.29 is 0 Å². The molecule has 4 nitrogen and oxygen atoms in total. The molecule has 0 aliphatic carbocycles. The van der Waals surface area contributed by atoms with Crippen molar-refractivity contribution in [3.63, 3.8) is 0 Å². The molecule has 0 fully saturated rings. The van der Waals surface area contributed by atoms with Crippen molar-refractivity contribution in [2.24, 2.45) is 0 Å². The first kappa shape index (κ1) is 7.91. The maximum Gasteiger partial charge on any atom is 0.269 e. The average molecular weight is 155 g/mol. The van der Waals surface area contributed by atoms with Gasteiger partial charge in [-0.3, -0.25) is 15.0 Å². The Morgan fingerprint density at radius 1 is 1.55 bits per heavy atom. The highest BCUT2D eigenvalue weighted by Gasteiger charge is 2.12. The topological polar surface area (TPSA) is 74.7 Å². The summed E-state index contributed by atoms with van der Waals surface area (Å²) < 4.78 is 0. The molecule has 1 aromatic rings. The van der Waals surface area contributed by atoms with E-state index in [9.17, 15) is 4.79 Å². The number of anilines is 1. The zero-order valence-corrected chi connectivity index (χ0v) is 6.77. The van der Waals surface area contributed by atoms with Gasteiger partial charge in [-0.15, -0.1) is 0 Å². The van der Waals surface area contributed by atoms with Gasteiger partial charge in [0.25, 0.3) is 5.56 Å². The Bertz CT molecular complexity index is 286. The maximum absolute atomic E-state index is 11.1. The maximum atomic E-state index is 11.1. The van der Waals surface area contributed by atoms with Crippen LogP contribution in [0.4, 0.5) is 5.82 Å². The number of hydrogen-bond acceptors (Lipinski definition) is 2. The number of H-pyrrole nitrogens is 2. The van der Waals surface area contributed by atoms with E-state index in [4.69, 9.17) is 5.73 Å². The number of hydrogen-bond donors (Lipinski definition) is 3. The van der Waals surface area contributed by atoms with Gasteiger partial charge >= 0.3 is 0 Å². The lowest BCUT2D eigenvalue weighted by atomic mass is 10.0. The number of nitrogens with two attached hydrogens (primary N) is 1. The lowest BCUT2D eigenvalue weighted by Crippen LogP contribution is -2.09. The molecule has 4 heteroatoms. The summed E-state index contributed by atoms with van der Waals surface area (Å²) in [5, 5.41) is 5.04. The molecule has 1 aromatic heterocycles. The van der Waals surface area contributed by atoms with Gasteiger partial charge in [-0.2, -0.15) is 0 Å². The standard InChI is InChI=1S/C7H13N3O/c1-3-4(2)5-6(8)9-10-7(5)11/h4H,3H2,1-2H3,(H4,8,9,10,11). The number of nitrogens with one attached hydrogen (secondary N) is 2. The van der Waals surface area contributed by atoms with Crippen molar-refractivity contribution in [2.45, 2.75) is 26.2 Å². The number of nitrogen functional groups attached to an aromatic ring is 1. The van der Waals surface area contributed by atoms with Crippen LogP contribution in [0.5, 0.6) is 0 Å². The SMILES string of the molecule is CCC(C)c1c(N)[nH][nH]c1=O. The van der Waals surface area contributed by atoms with Crippen molar-refractivity contribution in [2.75, 3.05) is 5.73 Å². The van der Waals surface area contributed by atoms with E-state index in [1.165, 1.54) is 0 Å². The monoisotopic (exact) mass is 155 g/mol. The Morgan fingerprint density at radius 3 is 2.55 bits per heavy atom. The number of aromatic amines is 2. The van der Waals surface area contributed by atoms with Crippen LogP contribution in [0.15, 0.2) is 4.79 Å². The summed E-state index contributed by atoms with van der Waals surface area (Å²) in [6.07, 6.45) is 0.922. The summed E-state index contributed by atoms with van der Waals surface area (Å²) in [7, 11) is 0. The first-order valence-corrected chi connectivity index (χ1v) is 3.72. The van der Waals surface area contributed by atoms with Crippen LogP contribution in [0.25, 0.3) is 0 Å². The first-order chi connectivity index (χ1) is 5.16. The van der Waals surface area contributed by atoms with E-state index in [0.717, 1.165) is 6.42 Å². The highest BCUT2D eigenvalue weighted by Crippen LogP contribution is 2.18. The number of aromatic nitrogens is 2. The third-order valence-corrected chi connectivity index (χ3v) is 1.95. The van der Waals surface area contributed by atoms with E-state index >= 15 is 0 Å². The Labute approximate surface area is 64.8 Å². The van der Waals surface area contributed by atoms with E-state index < -0.39 is 0 Å². The molecular formula is C7H13N3O. The Balaban J connectivity index is 3.10. The molecule has 0 bridgehead atoms. The highest BCUT2D eigenvalue weighted by molar-refractivity contribution is 5.39. The molecule has 0 spiro atoms. The molecule has 1 atom stereocenters. The Hall–Kier alpha value is -1.19. The zero-order valence-electron chi connectivity index (χ0n) is 6.77. The van der Waals surface area contributed by atoms with Crippen LogP contribution < -0.4 is 11.3 Å². The molecule has 0 amide bonds. The van der Waals surface area contributed by atoms with Crippen LogP contribution >= 0.6 is 0 Å². The summed E-state index contributed by atoms with van der Waals surface area (Å²) >= 11 is 0. The molecule has 4 N–H and O–H groups in total. The number of rotatable bonds is 2. The van der Waals surface area contributed by atoms with E-state index in [-0.39, 0.29) is 11.5 Å². The van der Waals surface area contributed by atoms with Gasteiger partial charge in [-0.1, -0.05) is 13.8 Å². The van der Waals surface area contributed by atoms with Gasteiger partial charge in [0.05, 0.1) is 5.56 Å². The van der Waals surface area contributed by atoms with Gasteiger partial charge in [0, 0.05) is 0 Å². The molecule has 0 aliphatic rings. The lowest BCUT2D eigenvalue weighted by Gasteiger charge is -2.03. The van der Waals surface area contributed by atoms with Gasteiger partial charge in [-0.05, 0) is 12.3 Å². The van der Waals surface area contributed by atoms with Gasteiger partial charge in [0.2, 0.25) is 0 Å². The quantitative estimate of drug-likeness (QED) is 0.591. The van der Waals surface area contributed by atoms with Crippen molar-refractivity contribution >= 4 is 5.82 Å². The molecule has 0 saturated heterocycles. The second-order valence-electron chi connectivity index (χ2n) is 2.72. The third kappa shape index (κ3) is 1.29. The van der Waals surface area contributed by atoms with Crippen molar-refractivity contribution in [1.82, 2.24) is 10.2 Å². The lowest BCUT2D eigenvalue weighted by molar-refractivity contribution is 0.730. The minimum Gasteiger partial charge on any atom is -0.384 e. The van der Waals surface area contributed by atoms with E-state index in [0.29, 0.717) is 11.4 Å². The molecule has 11 heavy (non-hydrogen) atoms. The van der Waals surface area contributed by atoms with Crippen LogP contribution in [0.2, 0.25) is 0 Å². The zero-order chi connectivity index (χ0) is 8.43.